The van der Waals surface area contributed by atoms with Crippen molar-refractivity contribution in [2.75, 3.05) is 6.54 Å². The van der Waals surface area contributed by atoms with E-state index in [-0.39, 0.29) is 30.3 Å². The molecule has 1 aromatic heterocycles. The lowest BCUT2D eigenvalue weighted by Crippen LogP contribution is -2.42. The molecule has 1 aromatic carbocycles. The summed E-state index contributed by atoms with van der Waals surface area (Å²) in [5.41, 5.74) is 0.116. The Labute approximate surface area is 144 Å². The third-order valence-electron chi connectivity index (χ3n) is 4.17. The molecule has 25 heavy (non-hydrogen) atoms. The van der Waals surface area contributed by atoms with E-state index in [2.05, 4.69) is 15.6 Å². The molecule has 2 atom stereocenters. The summed E-state index contributed by atoms with van der Waals surface area (Å²) >= 11 is 0. The molecular formula is C17H22N4O4. The Morgan fingerprint density at radius 1 is 1.32 bits per heavy atom. The zero-order chi connectivity index (χ0) is 18.4. The Morgan fingerprint density at radius 2 is 2.04 bits per heavy atom. The van der Waals surface area contributed by atoms with Gasteiger partial charge in [-0.2, -0.15) is 4.68 Å². The number of carbonyl (C=O) groups is 2. The lowest BCUT2D eigenvalue weighted by molar-refractivity contribution is -0.137. The molecule has 0 saturated heterocycles. The van der Waals surface area contributed by atoms with Crippen molar-refractivity contribution in [1.29, 1.82) is 0 Å². The fraction of sp³-hybridized carbons (Fsp3) is 0.471. The number of fused-ring (bicyclic) bond motifs is 1. The number of nitrogens with one attached hydrogen (secondary N) is 1. The number of rotatable bonds is 8. The Kier molecular flexibility index (Phi) is 6.21. The molecule has 2 N–H and O–H groups in total. The van der Waals surface area contributed by atoms with E-state index in [1.165, 1.54) is 0 Å². The molecule has 8 heteroatoms. The lowest BCUT2D eigenvalue weighted by Gasteiger charge is -2.23. The lowest BCUT2D eigenvalue weighted by atomic mass is 9.98. The molecule has 2 rings (SSSR count). The average Bonchev–Trinajstić information content (AvgIpc) is 2.60. The Balaban J connectivity index is 2.28. The van der Waals surface area contributed by atoms with E-state index in [0.717, 1.165) is 4.68 Å². The van der Waals surface area contributed by atoms with E-state index < -0.39 is 12.0 Å². The summed E-state index contributed by atoms with van der Waals surface area (Å²) < 4.78 is 1.13. The van der Waals surface area contributed by atoms with Crippen LogP contribution < -0.4 is 10.9 Å². The van der Waals surface area contributed by atoms with Crippen LogP contribution in [-0.2, 0) is 9.59 Å². The quantitative estimate of drug-likeness (QED) is 0.698. The number of carboxylic acids is 1. The van der Waals surface area contributed by atoms with Crippen molar-refractivity contribution in [3.8, 4) is 0 Å². The summed E-state index contributed by atoms with van der Waals surface area (Å²) in [7, 11) is 0. The molecule has 1 amide bonds. The van der Waals surface area contributed by atoms with Gasteiger partial charge in [0, 0.05) is 13.0 Å². The van der Waals surface area contributed by atoms with Crippen LogP contribution in [0.4, 0.5) is 0 Å². The fourth-order valence-electron chi connectivity index (χ4n) is 2.57. The smallest absolute Gasteiger partial charge is 0.303 e. The number of nitrogens with zero attached hydrogens (tertiary/aromatic N) is 3. The molecule has 0 bridgehead atoms. The van der Waals surface area contributed by atoms with Crippen LogP contribution in [0.25, 0.3) is 10.9 Å². The van der Waals surface area contributed by atoms with Crippen LogP contribution in [0.2, 0.25) is 0 Å². The second kappa shape index (κ2) is 8.36. The van der Waals surface area contributed by atoms with Crippen molar-refractivity contribution in [1.82, 2.24) is 20.3 Å². The predicted molar refractivity (Wildman–Crippen MR) is 92.2 cm³/mol. The maximum Gasteiger partial charge on any atom is 0.303 e. The molecule has 0 unspecified atom stereocenters. The minimum atomic E-state index is -0.913. The predicted octanol–water partition coefficient (Wildman–Crippen LogP) is 1.36. The summed E-state index contributed by atoms with van der Waals surface area (Å²) in [4.78, 5) is 35.9. The molecule has 0 aliphatic rings. The van der Waals surface area contributed by atoms with Gasteiger partial charge in [-0.05, 0) is 24.5 Å². The molecule has 8 nitrogen and oxygen atoms in total. The summed E-state index contributed by atoms with van der Waals surface area (Å²) in [5.74, 6) is -1.40. The van der Waals surface area contributed by atoms with E-state index in [1.54, 1.807) is 24.3 Å². The maximum absolute atomic E-state index is 12.7. The first kappa shape index (κ1) is 18.6. The first-order valence-electron chi connectivity index (χ1n) is 8.29. The van der Waals surface area contributed by atoms with Gasteiger partial charge < -0.3 is 10.4 Å². The van der Waals surface area contributed by atoms with Crippen LogP contribution in [0, 0.1) is 5.92 Å². The van der Waals surface area contributed by atoms with Crippen molar-refractivity contribution in [2.45, 2.75) is 39.2 Å². The van der Waals surface area contributed by atoms with Gasteiger partial charge in [0.05, 0.1) is 5.39 Å². The third kappa shape index (κ3) is 4.40. The van der Waals surface area contributed by atoms with Crippen LogP contribution >= 0.6 is 0 Å². The normalized spacial score (nSPS) is 13.4. The van der Waals surface area contributed by atoms with E-state index in [1.807, 2.05) is 13.8 Å². The topological polar surface area (TPSA) is 114 Å². The number of carboxylic acid groups (broad SMARTS) is 1. The van der Waals surface area contributed by atoms with Crippen LogP contribution in [0.3, 0.4) is 0 Å². The van der Waals surface area contributed by atoms with E-state index in [4.69, 9.17) is 5.11 Å². The van der Waals surface area contributed by atoms with Gasteiger partial charge in [0.2, 0.25) is 5.91 Å². The van der Waals surface area contributed by atoms with Crippen LogP contribution in [0.1, 0.15) is 39.2 Å². The van der Waals surface area contributed by atoms with Crippen molar-refractivity contribution < 1.29 is 14.7 Å². The third-order valence-corrected chi connectivity index (χ3v) is 4.17. The highest BCUT2D eigenvalue weighted by Gasteiger charge is 2.28. The second-order valence-electron chi connectivity index (χ2n) is 5.98. The van der Waals surface area contributed by atoms with Gasteiger partial charge in [0.15, 0.2) is 0 Å². The first-order valence-corrected chi connectivity index (χ1v) is 8.29. The number of hydrogen-bond acceptors (Lipinski definition) is 5. The SMILES string of the molecule is CC[C@H](C)[C@@H](C(=O)NCCCC(=O)O)n1nnc2ccccc2c1=O. The average molecular weight is 346 g/mol. The molecule has 0 aliphatic heterocycles. The van der Waals surface area contributed by atoms with Crippen LogP contribution in [0.5, 0.6) is 0 Å². The number of aromatic nitrogens is 3. The van der Waals surface area contributed by atoms with Gasteiger partial charge >= 0.3 is 5.97 Å². The molecule has 0 radical (unpaired) electrons. The fourth-order valence-corrected chi connectivity index (χ4v) is 2.57. The second-order valence-corrected chi connectivity index (χ2v) is 5.98. The molecule has 0 fully saturated rings. The zero-order valence-corrected chi connectivity index (χ0v) is 14.3. The minimum Gasteiger partial charge on any atom is -0.481 e. The van der Waals surface area contributed by atoms with Gasteiger partial charge in [-0.3, -0.25) is 14.4 Å². The number of aliphatic carboxylic acids is 1. The monoisotopic (exact) mass is 346 g/mol. The highest BCUT2D eigenvalue weighted by Crippen LogP contribution is 2.19. The standard InChI is InChI=1S/C17H22N4O4/c1-3-11(2)15(16(24)18-10-6-9-14(22)23)21-17(25)12-7-4-5-8-13(12)19-20-21/h4-5,7-8,11,15H,3,6,9-10H2,1-2H3,(H,18,24)(H,22,23)/t11-,15-/m0/s1. The van der Waals surface area contributed by atoms with Gasteiger partial charge in [0.1, 0.15) is 11.6 Å². The number of carbonyl (C=O) groups excluding carboxylic acids is 1. The van der Waals surface area contributed by atoms with Gasteiger partial charge in [-0.25, -0.2) is 0 Å². The summed E-state index contributed by atoms with van der Waals surface area (Å²) in [6.45, 7) is 4.02. The van der Waals surface area contributed by atoms with Crippen LogP contribution in [-0.4, -0.2) is 38.5 Å². The largest absolute Gasteiger partial charge is 0.481 e. The highest BCUT2D eigenvalue weighted by molar-refractivity contribution is 5.81. The highest BCUT2D eigenvalue weighted by atomic mass is 16.4. The summed E-state index contributed by atoms with van der Waals surface area (Å²) in [6.07, 6.45) is 0.977. The maximum atomic E-state index is 12.7. The Hall–Kier alpha value is -2.77. The van der Waals surface area contributed by atoms with E-state index in [9.17, 15) is 14.4 Å². The molecular weight excluding hydrogens is 324 g/mol. The zero-order valence-electron chi connectivity index (χ0n) is 14.3. The number of hydrogen-bond donors (Lipinski definition) is 2. The summed E-state index contributed by atoms with van der Waals surface area (Å²) in [6, 6.07) is 6.06. The van der Waals surface area contributed by atoms with Crippen molar-refractivity contribution in [3.05, 3.63) is 34.6 Å². The first-order chi connectivity index (χ1) is 12.0. The van der Waals surface area contributed by atoms with E-state index >= 15 is 0 Å². The molecule has 0 spiro atoms. The molecule has 2 aromatic rings. The van der Waals surface area contributed by atoms with Gasteiger partial charge in [-0.15, -0.1) is 5.10 Å². The molecule has 0 aliphatic carbocycles. The molecule has 1 heterocycles. The number of amides is 1. The van der Waals surface area contributed by atoms with E-state index in [0.29, 0.717) is 23.7 Å². The Morgan fingerprint density at radius 3 is 2.72 bits per heavy atom. The van der Waals surface area contributed by atoms with Crippen molar-refractivity contribution in [3.63, 3.8) is 0 Å². The van der Waals surface area contributed by atoms with Gasteiger partial charge in [-0.1, -0.05) is 37.6 Å². The summed E-state index contributed by atoms with van der Waals surface area (Å²) in [5, 5.41) is 19.7. The molecule has 134 valence electrons. The van der Waals surface area contributed by atoms with Crippen molar-refractivity contribution in [2.24, 2.45) is 5.92 Å². The number of benzene rings is 1. The minimum absolute atomic E-state index is 0.0238. The van der Waals surface area contributed by atoms with Crippen LogP contribution in [0.15, 0.2) is 29.1 Å². The van der Waals surface area contributed by atoms with Crippen molar-refractivity contribution >= 4 is 22.8 Å². The Bertz CT molecular complexity index is 818. The van der Waals surface area contributed by atoms with Gasteiger partial charge in [0.25, 0.3) is 5.56 Å². The molecule has 0 saturated carbocycles.